The van der Waals surface area contributed by atoms with Crippen LogP contribution in [0.5, 0.6) is 11.5 Å². The molecule has 1 aliphatic rings. The number of hydrogen-bond donors (Lipinski definition) is 1. The normalized spacial score (nSPS) is 19.8. The second kappa shape index (κ2) is 4.70. The van der Waals surface area contributed by atoms with Crippen LogP contribution >= 0.6 is 0 Å². The van der Waals surface area contributed by atoms with Crippen LogP contribution in [0.1, 0.15) is 24.4 Å². The molecule has 1 N–H and O–H groups in total. The summed E-state index contributed by atoms with van der Waals surface area (Å²) in [6.07, 6.45) is 2.11. The third-order valence-corrected chi connectivity index (χ3v) is 2.91. The average molecular weight is 225 g/mol. The number of benzene rings is 1. The summed E-state index contributed by atoms with van der Waals surface area (Å²) in [5.74, 6) is 0.788. The van der Waals surface area contributed by atoms with E-state index in [1.807, 2.05) is 0 Å². The zero-order valence-corrected chi connectivity index (χ0v) is 9.55. The molecular weight excluding hydrogens is 209 g/mol. The number of halogens is 1. The second-order valence-corrected chi connectivity index (χ2v) is 3.88. The molecule has 0 spiro atoms. The molecular formula is C12H16FNO2. The van der Waals surface area contributed by atoms with E-state index in [-0.39, 0.29) is 11.9 Å². The van der Waals surface area contributed by atoms with Crippen molar-refractivity contribution in [2.75, 3.05) is 20.8 Å². The van der Waals surface area contributed by atoms with Crippen molar-refractivity contribution in [1.29, 1.82) is 0 Å². The summed E-state index contributed by atoms with van der Waals surface area (Å²) in [5.41, 5.74) is 0.844. The van der Waals surface area contributed by atoms with Crippen LogP contribution in [0.25, 0.3) is 0 Å². The van der Waals surface area contributed by atoms with Crippen LogP contribution < -0.4 is 14.8 Å². The van der Waals surface area contributed by atoms with Crippen molar-refractivity contribution in [3.8, 4) is 11.5 Å². The lowest BCUT2D eigenvalue weighted by molar-refractivity contribution is 0.345. The molecule has 1 unspecified atom stereocenters. The third-order valence-electron chi connectivity index (χ3n) is 2.91. The highest BCUT2D eigenvalue weighted by atomic mass is 19.1. The Hall–Kier alpha value is -1.29. The Labute approximate surface area is 94.6 Å². The lowest BCUT2D eigenvalue weighted by Crippen LogP contribution is -2.14. The minimum Gasteiger partial charge on any atom is -0.493 e. The summed E-state index contributed by atoms with van der Waals surface area (Å²) in [4.78, 5) is 0. The molecule has 0 saturated carbocycles. The molecule has 1 fully saturated rings. The highest BCUT2D eigenvalue weighted by molar-refractivity contribution is 5.48. The third kappa shape index (κ3) is 1.97. The molecule has 1 aliphatic heterocycles. The van der Waals surface area contributed by atoms with E-state index in [1.165, 1.54) is 19.2 Å². The molecule has 4 heteroatoms. The van der Waals surface area contributed by atoms with Gasteiger partial charge >= 0.3 is 0 Å². The molecule has 1 saturated heterocycles. The number of nitrogens with one attached hydrogen (secondary N) is 1. The summed E-state index contributed by atoms with van der Waals surface area (Å²) in [6.45, 7) is 0.965. The van der Waals surface area contributed by atoms with Gasteiger partial charge in [0.25, 0.3) is 0 Å². The van der Waals surface area contributed by atoms with Gasteiger partial charge in [-0.2, -0.15) is 0 Å². The first kappa shape index (κ1) is 11.2. The molecule has 1 heterocycles. The minimum atomic E-state index is -0.290. The number of hydrogen-bond acceptors (Lipinski definition) is 3. The summed E-state index contributed by atoms with van der Waals surface area (Å²) in [7, 11) is 3.09. The van der Waals surface area contributed by atoms with Gasteiger partial charge in [0.15, 0.2) is 11.5 Å². The van der Waals surface area contributed by atoms with E-state index >= 15 is 0 Å². The Morgan fingerprint density at radius 3 is 2.69 bits per heavy atom. The molecule has 0 amide bonds. The zero-order chi connectivity index (χ0) is 11.5. The lowest BCUT2D eigenvalue weighted by Gasteiger charge is -2.17. The molecule has 0 aliphatic carbocycles. The van der Waals surface area contributed by atoms with E-state index in [0.717, 1.165) is 24.9 Å². The van der Waals surface area contributed by atoms with Crippen molar-refractivity contribution in [1.82, 2.24) is 5.32 Å². The van der Waals surface area contributed by atoms with Crippen LogP contribution in [0, 0.1) is 5.82 Å². The van der Waals surface area contributed by atoms with E-state index in [4.69, 9.17) is 9.47 Å². The Kier molecular flexibility index (Phi) is 3.29. The van der Waals surface area contributed by atoms with Crippen molar-refractivity contribution in [2.45, 2.75) is 18.9 Å². The van der Waals surface area contributed by atoms with E-state index in [2.05, 4.69) is 5.32 Å². The molecule has 88 valence electrons. The average Bonchev–Trinajstić information content (AvgIpc) is 2.81. The van der Waals surface area contributed by atoms with Gasteiger partial charge in [-0.1, -0.05) is 0 Å². The molecule has 0 radical (unpaired) electrons. The standard InChI is InChI=1S/C12H16FNO2/c1-15-11-7-8(13)6-9(12(11)16-2)10-4-3-5-14-10/h6-7,10,14H,3-5H2,1-2H3. The predicted octanol–water partition coefficient (Wildman–Crippen LogP) is 2.27. The van der Waals surface area contributed by atoms with Gasteiger partial charge in [0.1, 0.15) is 5.82 Å². The summed E-state index contributed by atoms with van der Waals surface area (Å²) < 4.78 is 23.8. The maximum absolute atomic E-state index is 13.4. The van der Waals surface area contributed by atoms with Gasteiger partial charge in [0.2, 0.25) is 0 Å². The maximum Gasteiger partial charge on any atom is 0.165 e. The topological polar surface area (TPSA) is 30.5 Å². The van der Waals surface area contributed by atoms with Gasteiger partial charge < -0.3 is 14.8 Å². The molecule has 1 aromatic rings. The van der Waals surface area contributed by atoms with E-state index < -0.39 is 0 Å². The van der Waals surface area contributed by atoms with E-state index in [1.54, 1.807) is 7.11 Å². The Bertz CT molecular complexity index is 376. The van der Waals surface area contributed by atoms with Gasteiger partial charge in [-0.3, -0.25) is 0 Å². The summed E-state index contributed by atoms with van der Waals surface area (Å²) in [5, 5.41) is 3.32. The van der Waals surface area contributed by atoms with Crippen molar-refractivity contribution in [3.05, 3.63) is 23.5 Å². The highest BCUT2D eigenvalue weighted by Crippen LogP contribution is 2.38. The molecule has 2 rings (SSSR count). The fraction of sp³-hybridized carbons (Fsp3) is 0.500. The Balaban J connectivity index is 2.44. The van der Waals surface area contributed by atoms with Crippen LogP contribution in [-0.2, 0) is 0 Å². The molecule has 0 aromatic heterocycles. The van der Waals surface area contributed by atoms with Crippen LogP contribution in [0.4, 0.5) is 4.39 Å². The predicted molar refractivity (Wildman–Crippen MR) is 59.5 cm³/mol. The first-order chi connectivity index (χ1) is 7.76. The lowest BCUT2D eigenvalue weighted by atomic mass is 10.0. The molecule has 16 heavy (non-hydrogen) atoms. The molecule has 1 aromatic carbocycles. The van der Waals surface area contributed by atoms with Crippen molar-refractivity contribution in [2.24, 2.45) is 0 Å². The van der Waals surface area contributed by atoms with Gasteiger partial charge in [-0.05, 0) is 25.5 Å². The molecule has 0 bridgehead atoms. The first-order valence-corrected chi connectivity index (χ1v) is 5.41. The summed E-state index contributed by atoms with van der Waals surface area (Å²) >= 11 is 0. The first-order valence-electron chi connectivity index (χ1n) is 5.41. The van der Waals surface area contributed by atoms with Crippen molar-refractivity contribution < 1.29 is 13.9 Å². The highest BCUT2D eigenvalue weighted by Gasteiger charge is 2.23. The van der Waals surface area contributed by atoms with Crippen LogP contribution in [0.15, 0.2) is 12.1 Å². The SMILES string of the molecule is COc1cc(F)cc(C2CCCN2)c1OC. The van der Waals surface area contributed by atoms with E-state index in [9.17, 15) is 4.39 Å². The smallest absolute Gasteiger partial charge is 0.165 e. The van der Waals surface area contributed by atoms with Gasteiger partial charge in [-0.15, -0.1) is 0 Å². The quantitative estimate of drug-likeness (QED) is 0.856. The largest absolute Gasteiger partial charge is 0.493 e. The molecule has 3 nitrogen and oxygen atoms in total. The van der Waals surface area contributed by atoms with E-state index in [0.29, 0.717) is 11.5 Å². The fourth-order valence-corrected chi connectivity index (χ4v) is 2.17. The van der Waals surface area contributed by atoms with Crippen molar-refractivity contribution >= 4 is 0 Å². The van der Waals surface area contributed by atoms with Crippen LogP contribution in [0.2, 0.25) is 0 Å². The molecule has 1 atom stereocenters. The van der Waals surface area contributed by atoms with Gasteiger partial charge in [0.05, 0.1) is 14.2 Å². The van der Waals surface area contributed by atoms with Crippen LogP contribution in [0.3, 0.4) is 0 Å². The zero-order valence-electron chi connectivity index (χ0n) is 9.55. The Morgan fingerprint density at radius 1 is 1.31 bits per heavy atom. The monoisotopic (exact) mass is 225 g/mol. The number of ether oxygens (including phenoxy) is 2. The maximum atomic E-state index is 13.4. The fourth-order valence-electron chi connectivity index (χ4n) is 2.17. The van der Waals surface area contributed by atoms with Gasteiger partial charge in [-0.25, -0.2) is 4.39 Å². The minimum absolute atomic E-state index is 0.166. The van der Waals surface area contributed by atoms with Crippen LogP contribution in [-0.4, -0.2) is 20.8 Å². The number of methoxy groups -OCH3 is 2. The Morgan fingerprint density at radius 2 is 2.12 bits per heavy atom. The van der Waals surface area contributed by atoms with Gasteiger partial charge in [0, 0.05) is 17.7 Å². The second-order valence-electron chi connectivity index (χ2n) is 3.88. The van der Waals surface area contributed by atoms with Crippen molar-refractivity contribution in [3.63, 3.8) is 0 Å². The summed E-state index contributed by atoms with van der Waals surface area (Å²) in [6, 6.07) is 3.03. The number of rotatable bonds is 3.